The molecule has 3 rings (SSSR count). The van der Waals surface area contributed by atoms with Gasteiger partial charge in [0.2, 0.25) is 0 Å². The zero-order valence-corrected chi connectivity index (χ0v) is 13.8. The third-order valence-electron chi connectivity index (χ3n) is 5.40. The van der Waals surface area contributed by atoms with Crippen LogP contribution in [0.1, 0.15) is 22.3 Å². The summed E-state index contributed by atoms with van der Waals surface area (Å²) in [6, 6.07) is 7.88. The second-order valence-corrected chi connectivity index (χ2v) is 7.00. The highest BCUT2D eigenvalue weighted by Crippen LogP contribution is 2.43. The third-order valence-corrected chi connectivity index (χ3v) is 5.40. The quantitative estimate of drug-likeness (QED) is 0.856. The van der Waals surface area contributed by atoms with Gasteiger partial charge in [0.1, 0.15) is 0 Å². The van der Waals surface area contributed by atoms with E-state index < -0.39 is 0 Å². The average molecular weight is 302 g/mol. The maximum Gasteiger partial charge on any atom is 0.254 e. The fourth-order valence-electron chi connectivity index (χ4n) is 4.25. The van der Waals surface area contributed by atoms with E-state index in [-0.39, 0.29) is 11.3 Å². The Hall–Kier alpha value is -1.39. The lowest BCUT2D eigenvalue weighted by atomic mass is 9.77. The van der Waals surface area contributed by atoms with Crippen molar-refractivity contribution < 1.29 is 9.53 Å². The number of carbonyl (C=O) groups excluding carboxylic acids is 1. The standard InChI is InChI=1S/C18H26N2O2/c1-14-6-4-5-7-16(14)17(21)20-9-8-18(13-20)12-19(2)10-15(18)11-22-3/h4-7,15H,8-13H2,1-3H3/t15-,18-/m0/s1. The van der Waals surface area contributed by atoms with Crippen LogP contribution in [0.2, 0.25) is 0 Å². The van der Waals surface area contributed by atoms with E-state index in [9.17, 15) is 4.79 Å². The van der Waals surface area contributed by atoms with E-state index >= 15 is 0 Å². The Balaban J connectivity index is 1.77. The minimum Gasteiger partial charge on any atom is -0.384 e. The Morgan fingerprint density at radius 2 is 2.14 bits per heavy atom. The molecule has 1 amide bonds. The molecule has 2 aliphatic rings. The molecule has 0 aromatic heterocycles. The van der Waals surface area contributed by atoms with E-state index in [0.29, 0.717) is 5.92 Å². The van der Waals surface area contributed by atoms with Crippen LogP contribution in [0.3, 0.4) is 0 Å². The smallest absolute Gasteiger partial charge is 0.254 e. The van der Waals surface area contributed by atoms with E-state index in [1.807, 2.05) is 36.1 Å². The Morgan fingerprint density at radius 3 is 2.86 bits per heavy atom. The lowest BCUT2D eigenvalue weighted by Gasteiger charge is -2.30. The van der Waals surface area contributed by atoms with Crippen LogP contribution in [0.25, 0.3) is 0 Å². The maximum atomic E-state index is 12.8. The van der Waals surface area contributed by atoms with Crippen molar-refractivity contribution in [3.05, 3.63) is 35.4 Å². The molecule has 2 atom stereocenters. The van der Waals surface area contributed by atoms with Gasteiger partial charge in [0.25, 0.3) is 5.91 Å². The monoisotopic (exact) mass is 302 g/mol. The van der Waals surface area contributed by atoms with Crippen LogP contribution < -0.4 is 0 Å². The lowest BCUT2D eigenvalue weighted by Crippen LogP contribution is -2.38. The summed E-state index contributed by atoms with van der Waals surface area (Å²) in [5.74, 6) is 0.706. The summed E-state index contributed by atoms with van der Waals surface area (Å²) in [5, 5.41) is 0. The first-order chi connectivity index (χ1) is 10.6. The van der Waals surface area contributed by atoms with Crippen molar-refractivity contribution in [3.8, 4) is 0 Å². The summed E-state index contributed by atoms with van der Waals surface area (Å²) in [4.78, 5) is 17.3. The van der Waals surface area contributed by atoms with Gasteiger partial charge in [-0.15, -0.1) is 0 Å². The Kier molecular flexibility index (Phi) is 4.24. The second-order valence-electron chi connectivity index (χ2n) is 7.00. The van der Waals surface area contributed by atoms with Gasteiger partial charge in [0, 0.05) is 50.2 Å². The maximum absolute atomic E-state index is 12.8. The van der Waals surface area contributed by atoms with E-state index in [2.05, 4.69) is 11.9 Å². The van der Waals surface area contributed by atoms with Crippen LogP contribution in [0, 0.1) is 18.3 Å². The zero-order chi connectivity index (χ0) is 15.7. The van der Waals surface area contributed by atoms with Gasteiger partial charge in [-0.25, -0.2) is 0 Å². The molecule has 1 spiro atoms. The molecule has 0 unspecified atom stereocenters. The van der Waals surface area contributed by atoms with E-state index in [1.165, 1.54) is 0 Å². The minimum atomic E-state index is 0.181. The summed E-state index contributed by atoms with van der Waals surface area (Å²) in [7, 11) is 3.94. The minimum absolute atomic E-state index is 0.181. The molecule has 120 valence electrons. The molecule has 2 saturated heterocycles. The fourth-order valence-corrected chi connectivity index (χ4v) is 4.25. The number of hydrogen-bond acceptors (Lipinski definition) is 3. The Morgan fingerprint density at radius 1 is 1.36 bits per heavy atom. The summed E-state index contributed by atoms with van der Waals surface area (Å²) >= 11 is 0. The second kappa shape index (κ2) is 6.01. The van der Waals surface area contributed by atoms with Gasteiger partial charge in [-0.1, -0.05) is 18.2 Å². The van der Waals surface area contributed by atoms with E-state index in [0.717, 1.165) is 50.3 Å². The summed E-state index contributed by atoms with van der Waals surface area (Å²) < 4.78 is 5.43. The van der Waals surface area contributed by atoms with Crippen molar-refractivity contribution in [2.24, 2.45) is 11.3 Å². The van der Waals surface area contributed by atoms with Gasteiger partial charge in [-0.2, -0.15) is 0 Å². The number of carbonyl (C=O) groups is 1. The molecule has 2 aliphatic heterocycles. The van der Waals surface area contributed by atoms with Crippen molar-refractivity contribution in [2.75, 3.05) is 46.9 Å². The van der Waals surface area contributed by atoms with Gasteiger partial charge < -0.3 is 14.5 Å². The highest BCUT2D eigenvalue weighted by molar-refractivity contribution is 5.95. The van der Waals surface area contributed by atoms with Gasteiger partial charge in [0.05, 0.1) is 6.61 Å². The Labute approximate surface area is 133 Å². The number of aryl methyl sites for hydroxylation is 1. The van der Waals surface area contributed by atoms with Crippen LogP contribution in [-0.4, -0.2) is 62.7 Å². The van der Waals surface area contributed by atoms with Crippen molar-refractivity contribution >= 4 is 5.91 Å². The number of benzene rings is 1. The van der Waals surface area contributed by atoms with Crippen LogP contribution in [0.4, 0.5) is 0 Å². The number of hydrogen-bond donors (Lipinski definition) is 0. The highest BCUT2D eigenvalue weighted by Gasteiger charge is 2.50. The molecule has 1 aromatic rings. The highest BCUT2D eigenvalue weighted by atomic mass is 16.5. The largest absolute Gasteiger partial charge is 0.384 e. The van der Waals surface area contributed by atoms with E-state index in [1.54, 1.807) is 7.11 Å². The molecule has 2 fully saturated rings. The van der Waals surface area contributed by atoms with Gasteiger partial charge in [-0.3, -0.25) is 4.79 Å². The molecular formula is C18H26N2O2. The normalized spacial score (nSPS) is 28.7. The van der Waals surface area contributed by atoms with Crippen molar-refractivity contribution in [1.29, 1.82) is 0 Å². The summed E-state index contributed by atoms with van der Waals surface area (Å²) in [6.07, 6.45) is 1.09. The molecule has 4 nitrogen and oxygen atoms in total. The summed E-state index contributed by atoms with van der Waals surface area (Å²) in [5.41, 5.74) is 2.11. The van der Waals surface area contributed by atoms with Crippen molar-refractivity contribution in [2.45, 2.75) is 13.3 Å². The van der Waals surface area contributed by atoms with E-state index in [4.69, 9.17) is 4.74 Å². The molecule has 0 N–H and O–H groups in total. The third kappa shape index (κ3) is 2.66. The van der Waals surface area contributed by atoms with Crippen LogP contribution >= 0.6 is 0 Å². The molecule has 22 heavy (non-hydrogen) atoms. The topological polar surface area (TPSA) is 32.8 Å². The molecule has 0 radical (unpaired) electrons. The number of rotatable bonds is 3. The number of ether oxygens (including phenoxy) is 1. The molecule has 1 aromatic carbocycles. The molecule has 0 aliphatic carbocycles. The number of amides is 1. The predicted octanol–water partition coefficient (Wildman–Crippen LogP) is 2.04. The zero-order valence-electron chi connectivity index (χ0n) is 13.8. The molecule has 0 saturated carbocycles. The first-order valence-corrected chi connectivity index (χ1v) is 8.08. The van der Waals surface area contributed by atoms with Gasteiger partial charge in [-0.05, 0) is 32.0 Å². The van der Waals surface area contributed by atoms with Crippen LogP contribution in [0.5, 0.6) is 0 Å². The predicted molar refractivity (Wildman–Crippen MR) is 87.0 cm³/mol. The van der Waals surface area contributed by atoms with Crippen LogP contribution in [0.15, 0.2) is 24.3 Å². The fraction of sp³-hybridized carbons (Fsp3) is 0.611. The first-order valence-electron chi connectivity index (χ1n) is 8.08. The molecule has 0 bridgehead atoms. The molecular weight excluding hydrogens is 276 g/mol. The molecule has 4 heteroatoms. The average Bonchev–Trinajstić information content (AvgIpc) is 3.04. The summed E-state index contributed by atoms with van der Waals surface area (Å²) in [6.45, 7) is 6.66. The van der Waals surface area contributed by atoms with Gasteiger partial charge >= 0.3 is 0 Å². The van der Waals surface area contributed by atoms with Crippen LogP contribution in [-0.2, 0) is 4.74 Å². The first kappa shape index (κ1) is 15.5. The lowest BCUT2D eigenvalue weighted by molar-refractivity contribution is 0.0715. The SMILES string of the molecule is COC[C@@H]1CN(C)C[C@]12CCN(C(=O)c1ccccc1C)C2. The van der Waals surface area contributed by atoms with Crippen molar-refractivity contribution in [3.63, 3.8) is 0 Å². The number of methoxy groups -OCH3 is 1. The van der Waals surface area contributed by atoms with Gasteiger partial charge in [0.15, 0.2) is 0 Å². The number of likely N-dealkylation sites (tertiary alicyclic amines) is 2. The number of nitrogens with zero attached hydrogens (tertiary/aromatic N) is 2. The Bertz CT molecular complexity index is 560. The molecule has 2 heterocycles. The van der Waals surface area contributed by atoms with Crippen molar-refractivity contribution in [1.82, 2.24) is 9.80 Å².